The minimum Gasteiger partial charge on any atom is -0.455 e. The number of ether oxygens (including phenoxy) is 1. The molecule has 2 aromatic rings. The number of benzene rings is 2. The molecule has 4 nitrogen and oxygen atoms in total. The smallest absolute Gasteiger partial charge is 0.310 e. The minimum atomic E-state index is -0.366. The third-order valence-electron chi connectivity index (χ3n) is 8.16. The molecule has 4 aliphatic rings. The topological polar surface area (TPSA) is 55.4 Å². The number of hydrogen-bond acceptors (Lipinski definition) is 3. The summed E-state index contributed by atoms with van der Waals surface area (Å²) in [6.45, 7) is 1.96. The molecule has 0 unspecified atom stereocenters. The molecule has 0 saturated heterocycles. The third-order valence-corrected chi connectivity index (χ3v) is 8.16. The van der Waals surface area contributed by atoms with Gasteiger partial charge in [-0.15, -0.1) is 0 Å². The fraction of sp³-hybridized carbons (Fsp3) is 0.500. The Bertz CT molecular complexity index is 931. The summed E-state index contributed by atoms with van der Waals surface area (Å²) in [5.41, 5.74) is 3.40. The van der Waals surface area contributed by atoms with E-state index in [4.69, 9.17) is 4.74 Å². The summed E-state index contributed by atoms with van der Waals surface area (Å²) in [4.78, 5) is 24.8. The van der Waals surface area contributed by atoms with E-state index < -0.39 is 0 Å². The zero-order chi connectivity index (χ0) is 22.1. The Morgan fingerprint density at radius 2 is 1.47 bits per heavy atom. The summed E-state index contributed by atoms with van der Waals surface area (Å²) in [7, 11) is 0. The van der Waals surface area contributed by atoms with Crippen molar-refractivity contribution in [1.29, 1.82) is 0 Å². The molecule has 168 valence electrons. The lowest BCUT2D eigenvalue weighted by atomic mass is 9.48. The van der Waals surface area contributed by atoms with Gasteiger partial charge in [-0.2, -0.15) is 0 Å². The zero-order valence-electron chi connectivity index (χ0n) is 18.9. The van der Waals surface area contributed by atoms with E-state index in [-0.39, 0.29) is 36.4 Å². The van der Waals surface area contributed by atoms with Crippen molar-refractivity contribution >= 4 is 11.9 Å². The standard InChI is InChI=1S/C28H33NO3/c1-19(28-15-21-11-22(16-28)13-23(12-21)17-28)29-26(30)18-32-27(31)14-20-7-9-25(10-8-20)24-5-3-2-4-6-24/h2-10,19,21-23H,11-18H2,1H3,(H,29,30)/t19-,21?,22?,23?,28?/m1/s1. The van der Waals surface area contributed by atoms with Gasteiger partial charge in [0.2, 0.25) is 0 Å². The summed E-state index contributed by atoms with van der Waals surface area (Å²) >= 11 is 0. The lowest BCUT2D eigenvalue weighted by Crippen LogP contribution is -2.56. The van der Waals surface area contributed by atoms with E-state index in [9.17, 15) is 9.59 Å². The van der Waals surface area contributed by atoms with E-state index in [1.807, 2.05) is 42.5 Å². The van der Waals surface area contributed by atoms with Crippen LogP contribution in [-0.2, 0) is 20.7 Å². The van der Waals surface area contributed by atoms with Gasteiger partial charge in [-0.05, 0) is 85.3 Å². The van der Waals surface area contributed by atoms with Crippen molar-refractivity contribution < 1.29 is 14.3 Å². The Morgan fingerprint density at radius 3 is 2.06 bits per heavy atom. The maximum atomic E-state index is 12.5. The number of carbonyl (C=O) groups excluding carboxylic acids is 2. The molecule has 4 heteroatoms. The molecule has 1 atom stereocenters. The summed E-state index contributed by atoms with van der Waals surface area (Å²) in [5, 5.41) is 3.17. The fourth-order valence-electron chi connectivity index (χ4n) is 6.95. The molecule has 4 fully saturated rings. The molecule has 2 aromatic carbocycles. The van der Waals surface area contributed by atoms with Crippen molar-refractivity contribution in [3.8, 4) is 11.1 Å². The number of hydrogen-bond donors (Lipinski definition) is 1. The lowest BCUT2D eigenvalue weighted by molar-refractivity contribution is -0.148. The van der Waals surface area contributed by atoms with Crippen LogP contribution in [0.4, 0.5) is 0 Å². The van der Waals surface area contributed by atoms with Crippen molar-refractivity contribution in [2.24, 2.45) is 23.2 Å². The van der Waals surface area contributed by atoms with Gasteiger partial charge in [-0.1, -0.05) is 54.6 Å². The Morgan fingerprint density at radius 1 is 0.906 bits per heavy atom. The van der Waals surface area contributed by atoms with E-state index in [1.165, 1.54) is 38.5 Å². The van der Waals surface area contributed by atoms with E-state index in [2.05, 4.69) is 24.4 Å². The molecule has 32 heavy (non-hydrogen) atoms. The summed E-state index contributed by atoms with van der Waals surface area (Å²) in [6, 6.07) is 18.2. The number of esters is 1. The van der Waals surface area contributed by atoms with Gasteiger partial charge in [0.1, 0.15) is 0 Å². The van der Waals surface area contributed by atoms with Crippen LogP contribution in [0.3, 0.4) is 0 Å². The molecule has 0 spiro atoms. The van der Waals surface area contributed by atoms with Gasteiger partial charge in [-0.3, -0.25) is 9.59 Å². The van der Waals surface area contributed by atoms with Crippen molar-refractivity contribution in [2.45, 2.75) is 57.9 Å². The van der Waals surface area contributed by atoms with Gasteiger partial charge in [0, 0.05) is 6.04 Å². The molecule has 0 radical (unpaired) electrons. The van der Waals surface area contributed by atoms with Gasteiger partial charge in [0.05, 0.1) is 6.42 Å². The molecule has 0 aromatic heterocycles. The van der Waals surface area contributed by atoms with Crippen LogP contribution in [0.2, 0.25) is 0 Å². The van der Waals surface area contributed by atoms with Crippen molar-refractivity contribution in [2.75, 3.05) is 6.61 Å². The second kappa shape index (κ2) is 8.73. The van der Waals surface area contributed by atoms with E-state index >= 15 is 0 Å². The molecule has 0 heterocycles. The van der Waals surface area contributed by atoms with E-state index in [0.717, 1.165) is 34.4 Å². The average molecular weight is 432 g/mol. The molecular weight excluding hydrogens is 398 g/mol. The van der Waals surface area contributed by atoms with Crippen molar-refractivity contribution in [3.63, 3.8) is 0 Å². The second-order valence-corrected chi connectivity index (χ2v) is 10.5. The minimum absolute atomic E-state index is 0.146. The highest BCUT2D eigenvalue weighted by molar-refractivity contribution is 5.81. The molecule has 4 aliphatic carbocycles. The van der Waals surface area contributed by atoms with Crippen LogP contribution in [0.15, 0.2) is 54.6 Å². The quantitative estimate of drug-likeness (QED) is 0.616. The van der Waals surface area contributed by atoms with Crippen LogP contribution in [0.5, 0.6) is 0 Å². The normalized spacial score (nSPS) is 28.8. The van der Waals surface area contributed by atoms with Gasteiger partial charge in [-0.25, -0.2) is 0 Å². The largest absolute Gasteiger partial charge is 0.455 e. The first kappa shape index (κ1) is 21.2. The molecule has 0 aliphatic heterocycles. The first-order valence-corrected chi connectivity index (χ1v) is 12.1. The Kier molecular flexibility index (Phi) is 5.79. The summed E-state index contributed by atoms with van der Waals surface area (Å²) < 4.78 is 5.29. The lowest BCUT2D eigenvalue weighted by Gasteiger charge is -2.59. The van der Waals surface area contributed by atoms with Crippen LogP contribution < -0.4 is 5.32 Å². The van der Waals surface area contributed by atoms with Gasteiger partial charge in [0.25, 0.3) is 5.91 Å². The predicted molar refractivity (Wildman–Crippen MR) is 125 cm³/mol. The Labute approximate surface area is 190 Å². The molecule has 6 rings (SSSR count). The SMILES string of the molecule is C[C@@H](NC(=O)COC(=O)Cc1ccc(-c2ccccc2)cc1)C12CC3CC(CC(C3)C1)C2. The molecule has 1 amide bonds. The fourth-order valence-corrected chi connectivity index (χ4v) is 6.95. The zero-order valence-corrected chi connectivity index (χ0v) is 18.9. The van der Waals surface area contributed by atoms with Crippen LogP contribution >= 0.6 is 0 Å². The molecule has 4 saturated carbocycles. The maximum Gasteiger partial charge on any atom is 0.310 e. The third kappa shape index (κ3) is 4.46. The maximum absolute atomic E-state index is 12.5. The number of carbonyl (C=O) groups is 2. The van der Waals surface area contributed by atoms with Crippen molar-refractivity contribution in [3.05, 3.63) is 60.2 Å². The molecular formula is C28H33NO3. The van der Waals surface area contributed by atoms with Crippen molar-refractivity contribution in [1.82, 2.24) is 5.32 Å². The first-order valence-electron chi connectivity index (χ1n) is 12.1. The second-order valence-electron chi connectivity index (χ2n) is 10.5. The highest BCUT2D eigenvalue weighted by Crippen LogP contribution is 2.61. The summed E-state index contributed by atoms with van der Waals surface area (Å²) in [6.07, 6.45) is 8.10. The van der Waals surface area contributed by atoms with Crippen LogP contribution in [0.25, 0.3) is 11.1 Å². The highest BCUT2D eigenvalue weighted by atomic mass is 16.5. The first-order chi connectivity index (χ1) is 15.5. The Balaban J connectivity index is 1.09. The number of rotatable bonds is 7. The number of amides is 1. The van der Waals surface area contributed by atoms with E-state index in [1.54, 1.807) is 0 Å². The van der Waals surface area contributed by atoms with E-state index in [0.29, 0.717) is 0 Å². The molecule has 4 bridgehead atoms. The van der Waals surface area contributed by atoms with Gasteiger partial charge in [0.15, 0.2) is 6.61 Å². The average Bonchev–Trinajstić information content (AvgIpc) is 2.78. The number of nitrogens with one attached hydrogen (secondary N) is 1. The van der Waals surface area contributed by atoms with Crippen LogP contribution in [0.1, 0.15) is 51.0 Å². The summed E-state index contributed by atoms with van der Waals surface area (Å²) in [5.74, 6) is 2.02. The van der Waals surface area contributed by atoms with Crippen LogP contribution in [-0.4, -0.2) is 24.5 Å². The highest BCUT2D eigenvalue weighted by Gasteiger charge is 2.53. The van der Waals surface area contributed by atoms with Crippen LogP contribution in [0, 0.1) is 23.2 Å². The predicted octanol–water partition coefficient (Wildman–Crippen LogP) is 5.16. The molecule has 1 N–H and O–H groups in total. The van der Waals surface area contributed by atoms with Gasteiger partial charge < -0.3 is 10.1 Å². The van der Waals surface area contributed by atoms with Gasteiger partial charge >= 0.3 is 5.97 Å². The monoisotopic (exact) mass is 431 g/mol. The Hall–Kier alpha value is -2.62.